The number of alkyl halides is 5. The van der Waals surface area contributed by atoms with Gasteiger partial charge in [-0.25, -0.2) is 18.3 Å². The Hall–Kier alpha value is -3.35. The predicted molar refractivity (Wildman–Crippen MR) is 182 cm³/mol. The number of nitrogens with zero attached hydrogens (tertiary/aromatic N) is 6. The van der Waals surface area contributed by atoms with Crippen molar-refractivity contribution in [2.24, 2.45) is 16.8 Å². The maximum atomic E-state index is 13.5. The van der Waals surface area contributed by atoms with Crippen LogP contribution in [0.15, 0.2) is 47.8 Å². The average molecular weight is 679 g/mol. The normalized spacial score (nSPS) is 22.0. The van der Waals surface area contributed by atoms with Gasteiger partial charge in [-0.05, 0) is 89.7 Å². The summed E-state index contributed by atoms with van der Waals surface area (Å²) >= 11 is 0. The maximum absolute atomic E-state index is 13.5. The van der Waals surface area contributed by atoms with Crippen LogP contribution in [0, 0.1) is 18.8 Å². The molecule has 13 heteroatoms. The minimum atomic E-state index is -4.22. The predicted octanol–water partition coefficient (Wildman–Crippen LogP) is 7.92. The molecular formula is C35H51F5N8. The summed E-state index contributed by atoms with van der Waals surface area (Å²) in [6, 6.07) is -0.0525. The molecule has 3 aliphatic heterocycles. The smallest absolute Gasteiger partial charge is 0.389 e. The van der Waals surface area contributed by atoms with E-state index >= 15 is 0 Å². The lowest BCUT2D eigenvalue weighted by Crippen LogP contribution is -2.32. The number of hydrogen-bond acceptors (Lipinski definition) is 7. The summed E-state index contributed by atoms with van der Waals surface area (Å²) < 4.78 is 65.0. The van der Waals surface area contributed by atoms with Crippen LogP contribution in [-0.4, -0.2) is 70.6 Å². The zero-order chi connectivity index (χ0) is 34.9. The number of allylic oxidation sites excluding steroid dienone is 3. The lowest BCUT2D eigenvalue weighted by atomic mass is 9.81. The van der Waals surface area contributed by atoms with Crippen LogP contribution in [-0.2, 0) is 0 Å². The molecule has 2 saturated heterocycles. The Morgan fingerprint density at radius 1 is 1.10 bits per heavy atom. The third kappa shape index (κ3) is 10.3. The van der Waals surface area contributed by atoms with Crippen molar-refractivity contribution in [1.29, 1.82) is 0 Å². The number of aliphatic imine (C=N–C) groups is 1. The van der Waals surface area contributed by atoms with Gasteiger partial charge in [0.2, 0.25) is 5.92 Å². The fourth-order valence-corrected chi connectivity index (χ4v) is 6.54. The second-order valence-corrected chi connectivity index (χ2v) is 13.2. The SMILES string of the molecule is C=C1NCCCC1C.C=CCCC1=NCC(C(F)(F)F)=C1.CNC(c1cn2nc(C)c(N3CCCCC3)nc2n1)C1CCC(F)(F)CC1. The van der Waals surface area contributed by atoms with Crippen LogP contribution in [0.1, 0.15) is 95.0 Å². The molecule has 4 aliphatic rings. The summed E-state index contributed by atoms with van der Waals surface area (Å²) in [7, 11) is 1.87. The van der Waals surface area contributed by atoms with E-state index in [2.05, 4.69) is 45.7 Å². The topological polar surface area (TPSA) is 82.7 Å². The molecule has 5 heterocycles. The minimum Gasteiger partial charge on any atom is -0.389 e. The Balaban J connectivity index is 0.000000204. The van der Waals surface area contributed by atoms with Crippen molar-refractivity contribution in [2.75, 3.05) is 38.1 Å². The van der Waals surface area contributed by atoms with E-state index in [1.807, 2.05) is 20.2 Å². The summed E-state index contributed by atoms with van der Waals surface area (Å²) in [6.07, 6.45) is 8.85. The van der Waals surface area contributed by atoms with Crippen molar-refractivity contribution >= 4 is 17.3 Å². The highest BCUT2D eigenvalue weighted by Crippen LogP contribution is 2.41. The van der Waals surface area contributed by atoms with Crippen molar-refractivity contribution in [1.82, 2.24) is 30.2 Å². The van der Waals surface area contributed by atoms with Gasteiger partial charge >= 0.3 is 6.18 Å². The molecule has 2 atom stereocenters. The molecule has 2 unspecified atom stereocenters. The molecule has 0 spiro atoms. The van der Waals surface area contributed by atoms with Gasteiger partial charge in [-0.2, -0.15) is 23.3 Å². The van der Waals surface area contributed by atoms with Crippen LogP contribution in [0.3, 0.4) is 0 Å². The van der Waals surface area contributed by atoms with Gasteiger partial charge in [0, 0.05) is 43.9 Å². The van der Waals surface area contributed by atoms with Crippen LogP contribution < -0.4 is 15.5 Å². The van der Waals surface area contributed by atoms with Crippen molar-refractivity contribution in [3.05, 3.63) is 54.2 Å². The molecule has 266 valence electrons. The fourth-order valence-electron chi connectivity index (χ4n) is 6.54. The molecule has 48 heavy (non-hydrogen) atoms. The first-order chi connectivity index (χ1) is 22.8. The van der Waals surface area contributed by atoms with Gasteiger partial charge in [-0.15, -0.1) is 6.58 Å². The van der Waals surface area contributed by atoms with Gasteiger partial charge < -0.3 is 15.5 Å². The van der Waals surface area contributed by atoms with Crippen LogP contribution in [0.4, 0.5) is 27.8 Å². The van der Waals surface area contributed by atoms with Crippen molar-refractivity contribution in [3.8, 4) is 0 Å². The van der Waals surface area contributed by atoms with Crippen LogP contribution in [0.5, 0.6) is 0 Å². The minimum absolute atomic E-state index is 0.0437. The Morgan fingerprint density at radius 2 is 1.81 bits per heavy atom. The molecule has 0 aromatic carbocycles. The number of anilines is 1. The zero-order valence-corrected chi connectivity index (χ0v) is 28.6. The number of aryl methyl sites for hydroxylation is 1. The summed E-state index contributed by atoms with van der Waals surface area (Å²) in [5.41, 5.74) is 2.92. The summed E-state index contributed by atoms with van der Waals surface area (Å²) in [4.78, 5) is 15.5. The van der Waals surface area contributed by atoms with Crippen molar-refractivity contribution < 1.29 is 22.0 Å². The molecule has 0 bridgehead atoms. The quantitative estimate of drug-likeness (QED) is 0.229. The highest BCUT2D eigenvalue weighted by atomic mass is 19.4. The molecule has 3 fully saturated rings. The van der Waals surface area contributed by atoms with E-state index in [1.165, 1.54) is 37.8 Å². The molecule has 2 aromatic heterocycles. The first-order valence-electron chi connectivity index (χ1n) is 17.2. The Bertz CT molecular complexity index is 1430. The van der Waals surface area contributed by atoms with Gasteiger partial charge in [0.1, 0.15) is 5.69 Å². The highest BCUT2D eigenvalue weighted by Gasteiger charge is 2.38. The number of fused-ring (bicyclic) bond motifs is 1. The standard InChI is InChI=1S/C19H28F2N6.C9H10F3N.C7H13N/c1-13-17(26-10-4-3-5-11-26)24-18-23-15(12-27(18)25-13)16(22-2)14-6-8-19(20,21)9-7-14;1-2-3-4-8-5-7(6-13-8)9(10,11)12;1-6-4-3-5-8-7(6)2/h12,14,16,22H,3-11H2,1-2H3;2,5H,1,3-4,6H2;6,8H,2-5H2,1H3. The molecular weight excluding hydrogens is 627 g/mol. The Kier molecular flexibility index (Phi) is 13.2. The van der Waals surface area contributed by atoms with Gasteiger partial charge in [0.05, 0.1) is 30.1 Å². The summed E-state index contributed by atoms with van der Waals surface area (Å²) in [5, 5.41) is 11.2. The first-order valence-corrected chi connectivity index (χ1v) is 17.2. The van der Waals surface area contributed by atoms with Gasteiger partial charge in [0.15, 0.2) is 5.82 Å². The summed E-state index contributed by atoms with van der Waals surface area (Å²) in [5.74, 6) is -0.168. The van der Waals surface area contributed by atoms with Crippen molar-refractivity contribution in [2.45, 2.75) is 103 Å². The largest absolute Gasteiger partial charge is 0.414 e. The molecule has 2 aromatic rings. The van der Waals surface area contributed by atoms with Crippen LogP contribution >= 0.6 is 0 Å². The van der Waals surface area contributed by atoms with Crippen molar-refractivity contribution in [3.63, 3.8) is 0 Å². The number of imidazole rings is 1. The Morgan fingerprint density at radius 3 is 2.38 bits per heavy atom. The van der Waals surface area contributed by atoms with Gasteiger partial charge in [-0.1, -0.05) is 19.6 Å². The van der Waals surface area contributed by atoms with E-state index in [9.17, 15) is 22.0 Å². The fraction of sp³-hybridized carbons (Fsp3) is 0.657. The lowest BCUT2D eigenvalue weighted by molar-refractivity contribution is -0.0916. The maximum Gasteiger partial charge on any atom is 0.414 e. The number of rotatable bonds is 7. The molecule has 6 rings (SSSR count). The van der Waals surface area contributed by atoms with Crippen LogP contribution in [0.25, 0.3) is 5.78 Å². The van der Waals surface area contributed by atoms with E-state index in [-0.39, 0.29) is 31.3 Å². The number of nitrogens with one attached hydrogen (secondary N) is 2. The monoisotopic (exact) mass is 678 g/mol. The van der Waals surface area contributed by atoms with E-state index in [0.717, 1.165) is 42.9 Å². The van der Waals surface area contributed by atoms with E-state index in [0.29, 0.717) is 43.1 Å². The third-order valence-corrected chi connectivity index (χ3v) is 9.52. The second kappa shape index (κ2) is 16.8. The molecule has 1 aliphatic carbocycles. The van der Waals surface area contributed by atoms with E-state index < -0.39 is 17.7 Å². The highest BCUT2D eigenvalue weighted by molar-refractivity contribution is 5.97. The number of halogens is 5. The first kappa shape index (κ1) is 37.5. The van der Waals surface area contributed by atoms with Crippen LogP contribution in [0.2, 0.25) is 0 Å². The number of piperidine rings is 2. The molecule has 0 amide bonds. The zero-order valence-electron chi connectivity index (χ0n) is 28.6. The molecule has 1 saturated carbocycles. The summed E-state index contributed by atoms with van der Waals surface area (Å²) in [6.45, 7) is 14.5. The molecule has 8 nitrogen and oxygen atoms in total. The van der Waals surface area contributed by atoms with E-state index in [1.54, 1.807) is 10.6 Å². The second-order valence-electron chi connectivity index (χ2n) is 13.2. The lowest BCUT2D eigenvalue weighted by Gasteiger charge is -2.32. The van der Waals surface area contributed by atoms with Gasteiger partial charge in [0.25, 0.3) is 5.78 Å². The number of hydrogen-bond donors (Lipinski definition) is 2. The van der Waals surface area contributed by atoms with E-state index in [4.69, 9.17) is 9.97 Å². The van der Waals surface area contributed by atoms with Gasteiger partial charge in [-0.3, -0.25) is 4.99 Å². The average Bonchev–Trinajstić information content (AvgIpc) is 3.71. The Labute approximate surface area is 281 Å². The third-order valence-electron chi connectivity index (χ3n) is 9.52. The molecule has 2 N–H and O–H groups in total. The number of aromatic nitrogens is 4. The molecule has 0 radical (unpaired) electrons.